The Morgan fingerprint density at radius 1 is 1.25 bits per heavy atom. The van der Waals surface area contributed by atoms with Crippen LogP contribution in [0.2, 0.25) is 0 Å². The second-order valence-electron chi connectivity index (χ2n) is 5.95. The topological polar surface area (TPSA) is 76.0 Å². The maximum atomic E-state index is 12.0. The van der Waals surface area contributed by atoms with E-state index in [9.17, 15) is 9.59 Å². The summed E-state index contributed by atoms with van der Waals surface area (Å²) in [6.07, 6.45) is 4.19. The Morgan fingerprint density at radius 3 is 2.71 bits per heavy atom. The molecule has 1 heterocycles. The van der Waals surface area contributed by atoms with Gasteiger partial charge < -0.3 is 15.2 Å². The van der Waals surface area contributed by atoms with E-state index in [4.69, 9.17) is 0 Å². The lowest BCUT2D eigenvalue weighted by atomic mass is 10.2. The van der Waals surface area contributed by atoms with Crippen molar-refractivity contribution in [2.75, 3.05) is 11.9 Å². The van der Waals surface area contributed by atoms with Crippen molar-refractivity contribution >= 4 is 17.5 Å². The molecule has 2 amide bonds. The number of hydrogen-bond donors (Lipinski definition) is 2. The summed E-state index contributed by atoms with van der Waals surface area (Å²) < 4.78 is 1.96. The van der Waals surface area contributed by atoms with Crippen LogP contribution in [0.15, 0.2) is 36.7 Å². The fraction of sp³-hybridized carbons (Fsp3) is 0.389. The molecule has 0 bridgehead atoms. The van der Waals surface area contributed by atoms with E-state index >= 15 is 0 Å². The Bertz CT molecular complexity index is 709. The lowest BCUT2D eigenvalue weighted by Gasteiger charge is -2.14. The molecule has 0 spiro atoms. The predicted molar refractivity (Wildman–Crippen MR) is 93.7 cm³/mol. The molecule has 1 atom stereocenters. The number of carbonyl (C=O) groups excluding carboxylic acids is 2. The second kappa shape index (κ2) is 8.29. The molecule has 0 radical (unpaired) electrons. The van der Waals surface area contributed by atoms with Crippen LogP contribution in [0.1, 0.15) is 37.2 Å². The van der Waals surface area contributed by atoms with Gasteiger partial charge in [-0.3, -0.25) is 9.59 Å². The van der Waals surface area contributed by atoms with Gasteiger partial charge in [0.1, 0.15) is 5.82 Å². The van der Waals surface area contributed by atoms with Crippen molar-refractivity contribution in [3.8, 4) is 0 Å². The van der Waals surface area contributed by atoms with Gasteiger partial charge in [0.25, 0.3) is 0 Å². The highest BCUT2D eigenvalue weighted by Gasteiger charge is 2.12. The summed E-state index contributed by atoms with van der Waals surface area (Å²) in [6, 6.07) is 7.66. The molecule has 128 valence electrons. The average Bonchev–Trinajstić information content (AvgIpc) is 2.93. The SMILES string of the molecule is Cc1cccc(NC(=O)CCNC(=O)C[C@@H](C)n2ccnc2C)c1. The summed E-state index contributed by atoms with van der Waals surface area (Å²) in [5.74, 6) is 0.700. The fourth-order valence-corrected chi connectivity index (χ4v) is 2.55. The molecule has 0 saturated heterocycles. The molecular weight excluding hydrogens is 304 g/mol. The molecule has 0 unspecified atom stereocenters. The molecular formula is C18H24N4O2. The van der Waals surface area contributed by atoms with Crippen molar-refractivity contribution in [1.82, 2.24) is 14.9 Å². The van der Waals surface area contributed by atoms with Gasteiger partial charge in [0.05, 0.1) is 0 Å². The molecule has 0 aliphatic carbocycles. The molecule has 6 nitrogen and oxygen atoms in total. The number of nitrogens with zero attached hydrogens (tertiary/aromatic N) is 2. The number of carbonyl (C=O) groups is 2. The number of aryl methyl sites for hydroxylation is 2. The van der Waals surface area contributed by atoms with Gasteiger partial charge in [-0.15, -0.1) is 0 Å². The van der Waals surface area contributed by atoms with Crippen molar-refractivity contribution in [1.29, 1.82) is 0 Å². The number of rotatable bonds is 7. The van der Waals surface area contributed by atoms with Crippen LogP contribution in [-0.2, 0) is 9.59 Å². The van der Waals surface area contributed by atoms with Crippen molar-refractivity contribution in [3.63, 3.8) is 0 Å². The first-order chi connectivity index (χ1) is 11.5. The number of nitrogens with one attached hydrogen (secondary N) is 2. The first-order valence-electron chi connectivity index (χ1n) is 8.08. The number of benzene rings is 1. The Kier molecular flexibility index (Phi) is 6.12. The third-order valence-corrected chi connectivity index (χ3v) is 3.79. The van der Waals surface area contributed by atoms with Gasteiger partial charge in [-0.1, -0.05) is 12.1 Å². The van der Waals surface area contributed by atoms with Crippen LogP contribution >= 0.6 is 0 Å². The van der Waals surface area contributed by atoms with E-state index in [0.717, 1.165) is 17.1 Å². The number of hydrogen-bond acceptors (Lipinski definition) is 3. The van der Waals surface area contributed by atoms with Gasteiger partial charge in [0, 0.05) is 43.5 Å². The summed E-state index contributed by atoms with van der Waals surface area (Å²) in [7, 11) is 0. The molecule has 2 rings (SSSR count). The summed E-state index contributed by atoms with van der Waals surface area (Å²) in [4.78, 5) is 28.0. The summed E-state index contributed by atoms with van der Waals surface area (Å²) >= 11 is 0. The first kappa shape index (κ1) is 17.7. The van der Waals surface area contributed by atoms with E-state index < -0.39 is 0 Å². The number of anilines is 1. The van der Waals surface area contributed by atoms with E-state index in [1.54, 1.807) is 6.20 Å². The molecule has 6 heteroatoms. The molecule has 2 N–H and O–H groups in total. The molecule has 0 aliphatic heterocycles. The zero-order chi connectivity index (χ0) is 17.5. The van der Waals surface area contributed by atoms with Crippen LogP contribution in [0, 0.1) is 13.8 Å². The van der Waals surface area contributed by atoms with Gasteiger partial charge in [-0.25, -0.2) is 4.98 Å². The van der Waals surface area contributed by atoms with Gasteiger partial charge >= 0.3 is 0 Å². The number of amides is 2. The Morgan fingerprint density at radius 2 is 2.04 bits per heavy atom. The first-order valence-corrected chi connectivity index (χ1v) is 8.08. The minimum Gasteiger partial charge on any atom is -0.356 e. The quantitative estimate of drug-likeness (QED) is 0.820. The maximum absolute atomic E-state index is 12.0. The van der Waals surface area contributed by atoms with Gasteiger partial charge in [-0.2, -0.15) is 0 Å². The van der Waals surface area contributed by atoms with Crippen LogP contribution in [0.5, 0.6) is 0 Å². The fourth-order valence-electron chi connectivity index (χ4n) is 2.55. The largest absolute Gasteiger partial charge is 0.356 e. The molecule has 24 heavy (non-hydrogen) atoms. The summed E-state index contributed by atoms with van der Waals surface area (Å²) in [6.45, 7) is 6.17. The van der Waals surface area contributed by atoms with Gasteiger partial charge in [-0.05, 0) is 38.5 Å². The average molecular weight is 328 g/mol. The number of aromatic nitrogens is 2. The summed E-state index contributed by atoms with van der Waals surface area (Å²) in [5.41, 5.74) is 1.86. The van der Waals surface area contributed by atoms with Crippen LogP contribution in [0.3, 0.4) is 0 Å². The Labute approximate surface area is 142 Å². The third-order valence-electron chi connectivity index (χ3n) is 3.79. The van der Waals surface area contributed by atoms with E-state index in [1.165, 1.54) is 0 Å². The van der Waals surface area contributed by atoms with Crippen LogP contribution < -0.4 is 10.6 Å². The zero-order valence-electron chi connectivity index (χ0n) is 14.4. The monoisotopic (exact) mass is 328 g/mol. The van der Waals surface area contributed by atoms with E-state index in [2.05, 4.69) is 15.6 Å². The highest BCUT2D eigenvalue weighted by molar-refractivity contribution is 5.91. The Balaban J connectivity index is 1.70. The minimum absolute atomic E-state index is 0.0358. The zero-order valence-corrected chi connectivity index (χ0v) is 14.4. The molecule has 0 saturated carbocycles. The highest BCUT2D eigenvalue weighted by atomic mass is 16.2. The lowest BCUT2D eigenvalue weighted by molar-refractivity contribution is -0.121. The van der Waals surface area contributed by atoms with E-state index in [1.807, 2.05) is 55.8 Å². The van der Waals surface area contributed by atoms with Crippen molar-refractivity contribution in [3.05, 3.63) is 48.0 Å². The molecule has 0 fully saturated rings. The third kappa shape index (κ3) is 5.22. The van der Waals surface area contributed by atoms with Crippen molar-refractivity contribution in [2.45, 2.75) is 39.7 Å². The molecule has 1 aromatic carbocycles. The van der Waals surface area contributed by atoms with Crippen LogP contribution in [0.4, 0.5) is 5.69 Å². The van der Waals surface area contributed by atoms with Crippen molar-refractivity contribution in [2.24, 2.45) is 0 Å². The smallest absolute Gasteiger partial charge is 0.226 e. The molecule has 1 aromatic heterocycles. The highest BCUT2D eigenvalue weighted by Crippen LogP contribution is 2.12. The van der Waals surface area contributed by atoms with E-state index in [0.29, 0.717) is 13.0 Å². The molecule has 2 aromatic rings. The van der Waals surface area contributed by atoms with Crippen LogP contribution in [-0.4, -0.2) is 27.9 Å². The van der Waals surface area contributed by atoms with Crippen LogP contribution in [0.25, 0.3) is 0 Å². The van der Waals surface area contributed by atoms with E-state index in [-0.39, 0.29) is 24.3 Å². The standard InChI is InChI=1S/C18H24N4O2/c1-13-5-4-6-16(11-13)21-17(23)7-8-20-18(24)12-14(2)22-10-9-19-15(22)3/h4-6,9-11,14H,7-8,12H2,1-3H3,(H,20,24)(H,21,23)/t14-/m1/s1. The molecule has 0 aliphatic rings. The second-order valence-corrected chi connectivity index (χ2v) is 5.95. The Hall–Kier alpha value is -2.63. The van der Waals surface area contributed by atoms with Crippen molar-refractivity contribution < 1.29 is 9.59 Å². The van der Waals surface area contributed by atoms with Gasteiger partial charge in [0.2, 0.25) is 11.8 Å². The normalized spacial score (nSPS) is 11.8. The minimum atomic E-state index is -0.112. The lowest BCUT2D eigenvalue weighted by Crippen LogP contribution is -2.29. The predicted octanol–water partition coefficient (Wildman–Crippen LogP) is 2.60. The van der Waals surface area contributed by atoms with Gasteiger partial charge in [0.15, 0.2) is 0 Å². The number of imidazole rings is 1. The maximum Gasteiger partial charge on any atom is 0.226 e. The summed E-state index contributed by atoms with van der Waals surface area (Å²) in [5, 5.41) is 5.61.